The summed E-state index contributed by atoms with van der Waals surface area (Å²) in [5.41, 5.74) is -1.47. The van der Waals surface area contributed by atoms with Gasteiger partial charge in [-0.05, 0) is 25.0 Å². The van der Waals surface area contributed by atoms with Crippen LogP contribution in [0.1, 0.15) is 23.2 Å². The molecule has 0 bridgehead atoms. The molecule has 2 N–H and O–H groups in total. The maximum Gasteiger partial charge on any atom is 0.311 e. The van der Waals surface area contributed by atoms with Gasteiger partial charge in [0.25, 0.3) is 11.6 Å². The van der Waals surface area contributed by atoms with Gasteiger partial charge in [-0.3, -0.25) is 19.7 Å². The molecule has 1 amide bonds. The molecule has 0 radical (unpaired) electrons. The molecule has 106 valence electrons. The number of nitrogens with zero attached hydrogens (tertiary/aromatic N) is 1. The van der Waals surface area contributed by atoms with Gasteiger partial charge in [0.1, 0.15) is 5.56 Å². The summed E-state index contributed by atoms with van der Waals surface area (Å²) in [6, 6.07) is 3.65. The lowest BCUT2D eigenvalue weighted by atomic mass is 10.1. The van der Waals surface area contributed by atoms with Crippen molar-refractivity contribution in [3.63, 3.8) is 0 Å². The number of amides is 1. The van der Waals surface area contributed by atoms with Gasteiger partial charge < -0.3 is 10.4 Å². The number of benzene rings is 1. The Balaban J connectivity index is 2.15. The minimum Gasteiger partial charge on any atom is -0.481 e. The van der Waals surface area contributed by atoms with Crippen molar-refractivity contribution in [1.29, 1.82) is 0 Å². The number of hydrogen-bond acceptors (Lipinski definition) is 4. The molecular formula is C12H11ClN2O5. The Labute approximate surface area is 118 Å². The van der Waals surface area contributed by atoms with Gasteiger partial charge in [0.2, 0.25) is 0 Å². The van der Waals surface area contributed by atoms with E-state index in [4.69, 9.17) is 16.7 Å². The monoisotopic (exact) mass is 298 g/mol. The minimum atomic E-state index is -0.974. The van der Waals surface area contributed by atoms with Crippen LogP contribution in [0.25, 0.3) is 0 Å². The second kappa shape index (κ2) is 5.09. The average Bonchev–Trinajstić information content (AvgIpc) is 3.16. The second-order valence-corrected chi connectivity index (χ2v) is 5.12. The Morgan fingerprint density at radius 2 is 2.10 bits per heavy atom. The molecule has 0 aromatic heterocycles. The lowest BCUT2D eigenvalue weighted by Crippen LogP contribution is -2.34. The Morgan fingerprint density at radius 1 is 1.45 bits per heavy atom. The molecular weight excluding hydrogens is 288 g/mol. The number of carbonyl (C=O) groups excluding carboxylic acids is 1. The summed E-state index contributed by atoms with van der Waals surface area (Å²) in [6.45, 7) is -0.0508. The van der Waals surface area contributed by atoms with Crippen molar-refractivity contribution in [2.45, 2.75) is 12.8 Å². The number of carboxylic acids is 1. The standard InChI is InChI=1S/C12H11ClN2O5/c13-7-1-2-9(15(19)20)8(5-7)10(16)14-6-12(3-4-12)11(17)18/h1-2,5H,3-4,6H2,(H,14,16)(H,17,18). The maximum atomic E-state index is 12.0. The Morgan fingerprint density at radius 3 is 2.60 bits per heavy atom. The van der Waals surface area contributed by atoms with Crippen molar-refractivity contribution in [2.24, 2.45) is 5.41 Å². The van der Waals surface area contributed by atoms with Gasteiger partial charge in [-0.15, -0.1) is 0 Å². The molecule has 1 aromatic rings. The van der Waals surface area contributed by atoms with Crippen LogP contribution in [-0.4, -0.2) is 28.5 Å². The number of nitro groups is 1. The van der Waals surface area contributed by atoms with E-state index >= 15 is 0 Å². The van der Waals surface area contributed by atoms with E-state index in [1.807, 2.05) is 0 Å². The zero-order chi connectivity index (χ0) is 14.9. The molecule has 1 fully saturated rings. The van der Waals surface area contributed by atoms with Crippen LogP contribution in [0.3, 0.4) is 0 Å². The molecule has 1 aromatic carbocycles. The summed E-state index contributed by atoms with van der Waals surface area (Å²) in [5, 5.41) is 22.5. The van der Waals surface area contributed by atoms with Crippen LogP contribution in [0.15, 0.2) is 18.2 Å². The van der Waals surface area contributed by atoms with E-state index < -0.39 is 22.2 Å². The molecule has 7 nitrogen and oxygen atoms in total. The maximum absolute atomic E-state index is 12.0. The van der Waals surface area contributed by atoms with E-state index in [1.165, 1.54) is 12.1 Å². The highest BCUT2D eigenvalue weighted by Gasteiger charge is 2.50. The van der Waals surface area contributed by atoms with Crippen molar-refractivity contribution in [2.75, 3.05) is 6.54 Å². The zero-order valence-electron chi connectivity index (χ0n) is 10.3. The van der Waals surface area contributed by atoms with Crippen LogP contribution in [0, 0.1) is 15.5 Å². The van der Waals surface area contributed by atoms with Crippen LogP contribution in [0.2, 0.25) is 5.02 Å². The third-order valence-corrected chi connectivity index (χ3v) is 3.53. The van der Waals surface area contributed by atoms with E-state index in [-0.39, 0.29) is 22.8 Å². The first kappa shape index (κ1) is 14.3. The molecule has 1 saturated carbocycles. The van der Waals surface area contributed by atoms with Crippen molar-refractivity contribution < 1.29 is 19.6 Å². The second-order valence-electron chi connectivity index (χ2n) is 4.69. The molecule has 2 rings (SSSR count). The van der Waals surface area contributed by atoms with Gasteiger partial charge in [0.15, 0.2) is 0 Å². The number of halogens is 1. The van der Waals surface area contributed by atoms with E-state index in [9.17, 15) is 19.7 Å². The van der Waals surface area contributed by atoms with Crippen LogP contribution >= 0.6 is 11.6 Å². The van der Waals surface area contributed by atoms with Crippen molar-refractivity contribution in [3.8, 4) is 0 Å². The van der Waals surface area contributed by atoms with Crippen molar-refractivity contribution in [3.05, 3.63) is 38.9 Å². The number of carboxylic acid groups (broad SMARTS) is 1. The van der Waals surface area contributed by atoms with E-state index in [0.717, 1.165) is 6.07 Å². The fraction of sp³-hybridized carbons (Fsp3) is 0.333. The molecule has 0 unspecified atom stereocenters. The Bertz CT molecular complexity index is 598. The molecule has 1 aliphatic rings. The van der Waals surface area contributed by atoms with Crippen molar-refractivity contribution >= 4 is 29.2 Å². The van der Waals surface area contributed by atoms with Gasteiger partial charge in [0.05, 0.1) is 10.3 Å². The number of hydrogen-bond donors (Lipinski definition) is 2. The SMILES string of the molecule is O=C(NCC1(C(=O)O)CC1)c1cc(Cl)ccc1[N+](=O)[O-]. The van der Waals surface area contributed by atoms with Gasteiger partial charge in [0, 0.05) is 17.6 Å². The molecule has 0 saturated heterocycles. The number of nitrogens with one attached hydrogen (secondary N) is 1. The predicted octanol–water partition coefficient (Wildman–Crippen LogP) is 1.84. The highest BCUT2D eigenvalue weighted by atomic mass is 35.5. The highest BCUT2D eigenvalue weighted by Crippen LogP contribution is 2.45. The normalized spacial score (nSPS) is 15.4. The first-order valence-electron chi connectivity index (χ1n) is 5.81. The zero-order valence-corrected chi connectivity index (χ0v) is 11.0. The van der Waals surface area contributed by atoms with Crippen LogP contribution in [0.5, 0.6) is 0 Å². The predicted molar refractivity (Wildman–Crippen MR) is 69.7 cm³/mol. The Kier molecular flexibility index (Phi) is 3.63. The summed E-state index contributed by atoms with van der Waals surface area (Å²) in [5.74, 6) is -1.68. The first-order chi connectivity index (χ1) is 9.35. The fourth-order valence-corrected chi connectivity index (χ4v) is 1.98. The molecule has 0 atom stereocenters. The summed E-state index contributed by atoms with van der Waals surface area (Å²) in [7, 11) is 0. The lowest BCUT2D eigenvalue weighted by molar-refractivity contribution is -0.385. The smallest absolute Gasteiger partial charge is 0.311 e. The first-order valence-corrected chi connectivity index (χ1v) is 6.19. The number of nitro benzene ring substituents is 1. The van der Waals surface area contributed by atoms with E-state index in [0.29, 0.717) is 12.8 Å². The fourth-order valence-electron chi connectivity index (χ4n) is 1.81. The molecule has 0 heterocycles. The minimum absolute atomic E-state index is 0.0508. The molecule has 8 heteroatoms. The third-order valence-electron chi connectivity index (χ3n) is 3.29. The summed E-state index contributed by atoms with van der Waals surface area (Å²) in [4.78, 5) is 33.1. The van der Waals surface area contributed by atoms with Gasteiger partial charge in [-0.2, -0.15) is 0 Å². The highest BCUT2D eigenvalue weighted by molar-refractivity contribution is 6.31. The van der Waals surface area contributed by atoms with E-state index in [2.05, 4.69) is 5.32 Å². The average molecular weight is 299 g/mol. The molecule has 20 heavy (non-hydrogen) atoms. The van der Waals surface area contributed by atoms with E-state index in [1.54, 1.807) is 0 Å². The molecule has 0 spiro atoms. The Hall–Kier alpha value is -2.15. The van der Waals surface area contributed by atoms with Crippen LogP contribution < -0.4 is 5.32 Å². The molecule has 0 aliphatic heterocycles. The summed E-state index contributed by atoms with van der Waals surface area (Å²) >= 11 is 5.72. The van der Waals surface area contributed by atoms with Gasteiger partial charge >= 0.3 is 5.97 Å². The van der Waals surface area contributed by atoms with Gasteiger partial charge in [-0.1, -0.05) is 11.6 Å². The quantitative estimate of drug-likeness (QED) is 0.636. The number of rotatable bonds is 5. The van der Waals surface area contributed by atoms with Gasteiger partial charge in [-0.25, -0.2) is 0 Å². The van der Waals surface area contributed by atoms with Crippen LogP contribution in [-0.2, 0) is 4.79 Å². The lowest BCUT2D eigenvalue weighted by Gasteiger charge is -2.11. The van der Waals surface area contributed by atoms with Crippen molar-refractivity contribution in [1.82, 2.24) is 5.32 Å². The summed E-state index contributed by atoms with van der Waals surface area (Å²) < 4.78 is 0. The van der Waals surface area contributed by atoms with Crippen LogP contribution in [0.4, 0.5) is 5.69 Å². The molecule has 1 aliphatic carbocycles. The number of aliphatic carboxylic acids is 1. The number of carbonyl (C=O) groups is 2. The summed E-state index contributed by atoms with van der Waals surface area (Å²) in [6.07, 6.45) is 0.973. The largest absolute Gasteiger partial charge is 0.481 e. The third kappa shape index (κ3) is 2.72. The topological polar surface area (TPSA) is 110 Å².